The number of sulfone groups is 1. The molecule has 2 heterocycles. The summed E-state index contributed by atoms with van der Waals surface area (Å²) in [5.74, 6) is -0.618. The van der Waals surface area contributed by atoms with Gasteiger partial charge >= 0.3 is 0 Å². The summed E-state index contributed by atoms with van der Waals surface area (Å²) in [6, 6.07) is 11.1. The van der Waals surface area contributed by atoms with E-state index in [0.29, 0.717) is 41.9 Å². The van der Waals surface area contributed by atoms with E-state index >= 15 is 0 Å². The van der Waals surface area contributed by atoms with Crippen molar-refractivity contribution in [2.45, 2.75) is 20.7 Å². The third-order valence-corrected chi connectivity index (χ3v) is 8.51. The summed E-state index contributed by atoms with van der Waals surface area (Å²) in [6.07, 6.45) is 5.13. The highest BCUT2D eigenvalue weighted by Gasteiger charge is 2.25. The second kappa shape index (κ2) is 9.44. The van der Waals surface area contributed by atoms with Crippen LogP contribution in [0.5, 0.6) is 0 Å². The molecule has 1 N–H and O–H groups in total. The third-order valence-electron chi connectivity index (χ3n) is 4.52. The van der Waals surface area contributed by atoms with E-state index in [2.05, 4.69) is 15.3 Å². The van der Waals surface area contributed by atoms with Gasteiger partial charge in [0.05, 0.1) is 26.9 Å². The molecule has 0 spiro atoms. The van der Waals surface area contributed by atoms with E-state index in [1.807, 2.05) is 6.26 Å². The number of thioether (sulfide) groups is 2. The number of amides is 1. The molecule has 0 atom stereocenters. The number of benzene rings is 2. The highest BCUT2D eigenvalue weighted by atomic mass is 35.5. The van der Waals surface area contributed by atoms with E-state index in [0.717, 1.165) is 0 Å². The van der Waals surface area contributed by atoms with E-state index in [9.17, 15) is 13.2 Å². The Kier molecular flexibility index (Phi) is 6.83. The number of carbonyl (C=O) groups is 1. The minimum absolute atomic E-state index is 0.113. The summed E-state index contributed by atoms with van der Waals surface area (Å²) in [5, 5.41) is 3.97. The van der Waals surface area contributed by atoms with Gasteiger partial charge in [-0.25, -0.2) is 18.4 Å². The smallest absolute Gasteiger partial charge is 0.262 e. The monoisotopic (exact) mass is 523 g/mol. The minimum atomic E-state index is -3.73. The molecule has 32 heavy (non-hydrogen) atoms. The van der Waals surface area contributed by atoms with Crippen LogP contribution in [0.2, 0.25) is 10.0 Å². The van der Waals surface area contributed by atoms with Crippen LogP contribution in [-0.2, 0) is 20.4 Å². The summed E-state index contributed by atoms with van der Waals surface area (Å²) in [7, 11) is -3.73. The summed E-state index contributed by atoms with van der Waals surface area (Å²) in [4.78, 5) is 22.1. The van der Waals surface area contributed by atoms with Crippen molar-refractivity contribution in [2.75, 3.05) is 11.6 Å². The molecule has 1 aromatic heterocycles. The molecule has 6 nitrogen and oxygen atoms in total. The van der Waals surface area contributed by atoms with Crippen LogP contribution in [0.3, 0.4) is 0 Å². The fraction of sp³-hybridized carbons (Fsp3) is 0.0952. The summed E-state index contributed by atoms with van der Waals surface area (Å²) < 4.78 is 26.1. The van der Waals surface area contributed by atoms with Gasteiger partial charge in [0.15, 0.2) is 15.0 Å². The molecule has 164 valence electrons. The molecule has 0 saturated heterocycles. The fourth-order valence-corrected chi connectivity index (χ4v) is 6.47. The first-order chi connectivity index (χ1) is 15.3. The van der Waals surface area contributed by atoms with Gasteiger partial charge < -0.3 is 5.32 Å². The van der Waals surface area contributed by atoms with Gasteiger partial charge in [-0.1, -0.05) is 52.8 Å². The lowest BCUT2D eigenvalue weighted by Gasteiger charge is -2.19. The highest BCUT2D eigenvalue weighted by Crippen LogP contribution is 2.40. The predicted molar refractivity (Wildman–Crippen MR) is 130 cm³/mol. The summed E-state index contributed by atoms with van der Waals surface area (Å²) in [6.45, 7) is 0. The Morgan fingerprint density at radius 1 is 1.16 bits per heavy atom. The molecule has 2 aromatic carbocycles. The van der Waals surface area contributed by atoms with Crippen LogP contribution in [0.25, 0.3) is 6.08 Å². The zero-order valence-corrected chi connectivity index (χ0v) is 20.5. The lowest BCUT2D eigenvalue weighted by atomic mass is 10.2. The topological polar surface area (TPSA) is 89.0 Å². The van der Waals surface area contributed by atoms with E-state index < -0.39 is 9.84 Å². The van der Waals surface area contributed by atoms with Gasteiger partial charge in [-0.3, -0.25) is 4.79 Å². The second-order valence-electron chi connectivity index (χ2n) is 6.65. The average Bonchev–Trinajstić information content (AvgIpc) is 2.77. The van der Waals surface area contributed by atoms with Crippen molar-refractivity contribution in [3.05, 3.63) is 74.9 Å². The minimum Gasteiger partial charge on any atom is -0.320 e. The van der Waals surface area contributed by atoms with Crippen LogP contribution in [-0.4, -0.2) is 30.5 Å². The van der Waals surface area contributed by atoms with Gasteiger partial charge in [-0.05, 0) is 48.7 Å². The molecule has 11 heteroatoms. The van der Waals surface area contributed by atoms with Crippen molar-refractivity contribution >= 4 is 74.2 Å². The Morgan fingerprint density at radius 3 is 2.62 bits per heavy atom. The van der Waals surface area contributed by atoms with Crippen LogP contribution in [0.1, 0.15) is 11.3 Å². The molecule has 0 aliphatic carbocycles. The highest BCUT2D eigenvalue weighted by molar-refractivity contribution is 8.04. The predicted octanol–water partition coefficient (Wildman–Crippen LogP) is 5.56. The standard InChI is InChI=1S/C21H15Cl2N3O3S3/c1-30-21-24-8-7-12(25-21)9-19-20(27)26-17-6-5-13(10-18(17)31-19)32(28,29)11-14-15(22)3-2-4-16(14)23/h2-10H,11H2,1H3,(H,26,27)/b19-9-. The van der Waals surface area contributed by atoms with Gasteiger partial charge in [0.25, 0.3) is 5.91 Å². The van der Waals surface area contributed by atoms with Crippen LogP contribution in [0.15, 0.2) is 68.5 Å². The molecule has 0 fully saturated rings. The molecule has 3 aromatic rings. The number of carbonyl (C=O) groups excluding carboxylic acids is 1. The summed E-state index contributed by atoms with van der Waals surface area (Å²) in [5.41, 5.74) is 1.48. The SMILES string of the molecule is CSc1nccc(/C=C2\Sc3cc(S(=O)(=O)Cc4c(Cl)cccc4Cl)ccc3NC2=O)n1. The maximum absolute atomic E-state index is 13.1. The number of fused-ring (bicyclic) bond motifs is 1. The van der Waals surface area contributed by atoms with Crippen molar-refractivity contribution in [1.82, 2.24) is 9.97 Å². The van der Waals surface area contributed by atoms with E-state index in [-0.39, 0.29) is 16.6 Å². The Bertz CT molecular complexity index is 1340. The molecule has 1 aliphatic heterocycles. The maximum atomic E-state index is 13.1. The van der Waals surface area contributed by atoms with Crippen LogP contribution in [0, 0.1) is 0 Å². The quantitative estimate of drug-likeness (QED) is 0.265. The second-order valence-corrected chi connectivity index (χ2v) is 11.3. The van der Waals surface area contributed by atoms with E-state index in [1.54, 1.807) is 48.7 Å². The normalized spacial score (nSPS) is 14.8. The van der Waals surface area contributed by atoms with E-state index in [4.69, 9.17) is 23.2 Å². The molecule has 0 unspecified atom stereocenters. The van der Waals surface area contributed by atoms with Gasteiger partial charge in [-0.2, -0.15) is 0 Å². The summed E-state index contributed by atoms with van der Waals surface area (Å²) >= 11 is 14.9. The number of hydrogen-bond donors (Lipinski definition) is 1. The zero-order valence-electron chi connectivity index (χ0n) is 16.5. The molecular formula is C21H15Cl2N3O3S3. The molecule has 1 aliphatic rings. The lowest BCUT2D eigenvalue weighted by molar-refractivity contribution is -0.112. The van der Waals surface area contributed by atoms with Crippen molar-refractivity contribution in [3.8, 4) is 0 Å². The van der Waals surface area contributed by atoms with Crippen molar-refractivity contribution in [2.24, 2.45) is 0 Å². The first-order valence-corrected chi connectivity index (χ1v) is 13.6. The van der Waals surface area contributed by atoms with Crippen LogP contribution in [0.4, 0.5) is 5.69 Å². The Balaban J connectivity index is 1.65. The molecule has 0 saturated carbocycles. The van der Waals surface area contributed by atoms with E-state index in [1.165, 1.54) is 29.6 Å². The van der Waals surface area contributed by atoms with Crippen LogP contribution < -0.4 is 5.32 Å². The van der Waals surface area contributed by atoms with Gasteiger partial charge in [0.2, 0.25) is 0 Å². The number of nitrogens with zero attached hydrogens (tertiary/aromatic N) is 2. The number of nitrogens with one attached hydrogen (secondary N) is 1. The van der Waals surface area contributed by atoms with Crippen molar-refractivity contribution in [1.29, 1.82) is 0 Å². The van der Waals surface area contributed by atoms with Crippen molar-refractivity contribution < 1.29 is 13.2 Å². The Labute approximate surface area is 203 Å². The first-order valence-electron chi connectivity index (χ1n) is 9.14. The average molecular weight is 524 g/mol. The number of anilines is 1. The van der Waals surface area contributed by atoms with Crippen LogP contribution >= 0.6 is 46.7 Å². The number of halogens is 2. The zero-order chi connectivity index (χ0) is 22.9. The first kappa shape index (κ1) is 23.1. The molecule has 0 radical (unpaired) electrons. The molecule has 1 amide bonds. The van der Waals surface area contributed by atoms with Crippen molar-refractivity contribution in [3.63, 3.8) is 0 Å². The molecule has 4 rings (SSSR count). The number of hydrogen-bond acceptors (Lipinski definition) is 7. The number of rotatable bonds is 5. The van der Waals surface area contributed by atoms with Gasteiger partial charge in [0.1, 0.15) is 0 Å². The Morgan fingerprint density at radius 2 is 1.91 bits per heavy atom. The molecular weight excluding hydrogens is 509 g/mol. The largest absolute Gasteiger partial charge is 0.320 e. The Hall–Kier alpha value is -2.04. The van der Waals surface area contributed by atoms with Gasteiger partial charge in [0, 0.05) is 26.7 Å². The lowest BCUT2D eigenvalue weighted by Crippen LogP contribution is -2.18. The third kappa shape index (κ3) is 4.97. The van der Waals surface area contributed by atoms with Gasteiger partial charge in [-0.15, -0.1) is 0 Å². The fourth-order valence-electron chi connectivity index (χ4n) is 2.94. The number of aromatic nitrogens is 2. The molecule has 0 bridgehead atoms. The maximum Gasteiger partial charge on any atom is 0.262 e.